The van der Waals surface area contributed by atoms with Gasteiger partial charge in [-0.3, -0.25) is 0 Å². The second-order valence-electron chi connectivity index (χ2n) is 2.23. The zero-order valence-corrected chi connectivity index (χ0v) is 9.77. The lowest BCUT2D eigenvalue weighted by atomic mass is 10.4. The van der Waals surface area contributed by atoms with Gasteiger partial charge in [-0.2, -0.15) is 0 Å². The highest BCUT2D eigenvalue weighted by Gasteiger charge is 2.13. The summed E-state index contributed by atoms with van der Waals surface area (Å²) in [6, 6.07) is 4.24. The normalized spacial score (nSPS) is 11.6. The molecule has 2 nitrogen and oxygen atoms in total. The number of hydrogen-bond acceptors (Lipinski definition) is 3. The molecule has 72 valence electrons. The first-order valence-electron chi connectivity index (χ1n) is 3.22. The van der Waals surface area contributed by atoms with E-state index in [1.165, 1.54) is 24.5 Å². The molecule has 0 atom stereocenters. The van der Waals surface area contributed by atoms with Crippen LogP contribution < -0.4 is 0 Å². The zero-order chi connectivity index (χ0) is 10.1. The predicted octanol–water partition coefficient (Wildman–Crippen LogP) is 3.05. The fraction of sp³-hybridized carbons (Fsp3) is 0.143. The monoisotopic (exact) mass is 256 g/mol. The molecule has 0 spiro atoms. The minimum Gasteiger partial charge on any atom is -0.212 e. The summed E-state index contributed by atoms with van der Waals surface area (Å²) in [4.78, 5) is 0.137. The molecule has 0 aliphatic heterocycles. The van der Waals surface area contributed by atoms with Crippen LogP contribution in [0.15, 0.2) is 23.1 Å². The molecule has 0 N–H and O–H groups in total. The largest absolute Gasteiger partial charge is 0.229 e. The van der Waals surface area contributed by atoms with Crippen LogP contribution in [0.4, 0.5) is 0 Å². The summed E-state index contributed by atoms with van der Waals surface area (Å²) in [6.07, 6.45) is 1.49. The lowest BCUT2D eigenvalue weighted by Gasteiger charge is -2.01. The zero-order valence-electron chi connectivity index (χ0n) is 6.62. The highest BCUT2D eigenvalue weighted by Crippen LogP contribution is 2.27. The van der Waals surface area contributed by atoms with Crippen LogP contribution in [0.25, 0.3) is 0 Å². The topological polar surface area (TPSA) is 34.1 Å². The maximum atomic E-state index is 11.4. The molecule has 0 heterocycles. The quantitative estimate of drug-likeness (QED) is 0.763. The molecule has 0 saturated carbocycles. The van der Waals surface area contributed by atoms with E-state index >= 15 is 0 Å². The molecular weight excluding hydrogens is 251 g/mol. The summed E-state index contributed by atoms with van der Waals surface area (Å²) in [5, 5.41) is 0.639. The van der Waals surface area contributed by atoms with Crippen LogP contribution in [0.2, 0.25) is 10.0 Å². The first-order chi connectivity index (χ1) is 5.95. The second kappa shape index (κ2) is 4.09. The van der Waals surface area contributed by atoms with Crippen molar-refractivity contribution in [2.45, 2.75) is 4.90 Å². The maximum Gasteiger partial charge on any atom is 0.229 e. The van der Waals surface area contributed by atoms with Crippen LogP contribution in [0.3, 0.4) is 0 Å². The van der Waals surface area contributed by atoms with Crippen molar-refractivity contribution in [3.8, 4) is 0 Å². The average Bonchev–Trinajstić information content (AvgIpc) is 2.02. The Labute approximate surface area is 90.6 Å². The van der Waals surface area contributed by atoms with Gasteiger partial charge in [-0.1, -0.05) is 23.2 Å². The Bertz CT molecular complexity index is 394. The van der Waals surface area contributed by atoms with E-state index in [-0.39, 0.29) is 4.90 Å². The van der Waals surface area contributed by atoms with Crippen LogP contribution >= 0.6 is 34.0 Å². The van der Waals surface area contributed by atoms with Crippen LogP contribution in [0.5, 0.6) is 0 Å². The van der Waals surface area contributed by atoms with Gasteiger partial charge in [0.2, 0.25) is 8.87 Å². The molecule has 0 fully saturated rings. The molecule has 1 aromatic rings. The van der Waals surface area contributed by atoms with Crippen molar-refractivity contribution in [2.24, 2.45) is 0 Å². The van der Waals surface area contributed by atoms with Crippen molar-refractivity contribution >= 4 is 42.9 Å². The van der Waals surface area contributed by atoms with Crippen molar-refractivity contribution in [1.29, 1.82) is 0 Å². The molecule has 1 aromatic carbocycles. The van der Waals surface area contributed by atoms with E-state index in [1.807, 2.05) is 0 Å². The summed E-state index contributed by atoms with van der Waals surface area (Å²) in [7, 11) is -2.54. The van der Waals surface area contributed by atoms with Crippen molar-refractivity contribution in [1.82, 2.24) is 0 Å². The van der Waals surface area contributed by atoms with Crippen LogP contribution in [0, 0.1) is 0 Å². The average molecular weight is 257 g/mol. The van der Waals surface area contributed by atoms with Gasteiger partial charge in [0, 0.05) is 10.0 Å². The Morgan fingerprint density at radius 1 is 1.15 bits per heavy atom. The van der Waals surface area contributed by atoms with Crippen molar-refractivity contribution in [2.75, 3.05) is 6.26 Å². The van der Waals surface area contributed by atoms with E-state index in [4.69, 9.17) is 23.2 Å². The van der Waals surface area contributed by atoms with E-state index in [9.17, 15) is 8.42 Å². The number of halogens is 2. The Morgan fingerprint density at radius 2 is 1.62 bits per heavy atom. The molecule has 1 rings (SSSR count). The van der Waals surface area contributed by atoms with E-state index in [1.54, 1.807) is 0 Å². The maximum absolute atomic E-state index is 11.4. The molecule has 0 radical (unpaired) electrons. The van der Waals surface area contributed by atoms with Gasteiger partial charge in [0.05, 0.1) is 4.90 Å². The Morgan fingerprint density at radius 3 is 2.00 bits per heavy atom. The summed E-state index contributed by atoms with van der Waals surface area (Å²) in [6.45, 7) is 0. The molecule has 13 heavy (non-hydrogen) atoms. The number of benzene rings is 1. The van der Waals surface area contributed by atoms with Gasteiger partial charge in [0.25, 0.3) is 0 Å². The van der Waals surface area contributed by atoms with Gasteiger partial charge in [-0.05, 0) is 35.2 Å². The Kier molecular flexibility index (Phi) is 3.51. The van der Waals surface area contributed by atoms with Gasteiger partial charge in [-0.15, -0.1) is 0 Å². The third-order valence-electron chi connectivity index (χ3n) is 1.34. The first kappa shape index (κ1) is 11.2. The first-order valence-corrected chi connectivity index (χ1v) is 7.20. The van der Waals surface area contributed by atoms with Gasteiger partial charge in [0.1, 0.15) is 0 Å². The van der Waals surface area contributed by atoms with Crippen LogP contribution in [0.1, 0.15) is 0 Å². The Hall–Kier alpha value is 0.1000. The SMILES string of the molecule is CSS(=O)(=O)c1cc(Cl)cc(Cl)c1. The van der Waals surface area contributed by atoms with E-state index in [0.29, 0.717) is 10.0 Å². The van der Waals surface area contributed by atoms with Gasteiger partial charge in [0.15, 0.2) is 0 Å². The van der Waals surface area contributed by atoms with Crippen LogP contribution in [-0.4, -0.2) is 14.7 Å². The number of rotatable bonds is 2. The Balaban J connectivity index is 3.32. The van der Waals surface area contributed by atoms with E-state index in [2.05, 4.69) is 0 Å². The third-order valence-corrected chi connectivity index (χ3v) is 4.93. The summed E-state index contributed by atoms with van der Waals surface area (Å²) in [5.41, 5.74) is 0. The summed E-state index contributed by atoms with van der Waals surface area (Å²) in [5.74, 6) is 0. The molecule has 0 aliphatic carbocycles. The molecule has 0 amide bonds. The molecular formula is C7H6Cl2O2S2. The fourth-order valence-electron chi connectivity index (χ4n) is 0.769. The van der Waals surface area contributed by atoms with Gasteiger partial charge < -0.3 is 0 Å². The molecule has 0 aromatic heterocycles. The lowest BCUT2D eigenvalue weighted by molar-refractivity contribution is 0.610. The molecule has 0 saturated heterocycles. The summed E-state index contributed by atoms with van der Waals surface area (Å²) < 4.78 is 22.7. The van der Waals surface area contributed by atoms with Crippen molar-refractivity contribution in [3.05, 3.63) is 28.2 Å². The summed E-state index contributed by atoms with van der Waals surface area (Å²) >= 11 is 11.3. The molecule has 6 heteroatoms. The van der Waals surface area contributed by atoms with Crippen molar-refractivity contribution < 1.29 is 8.42 Å². The highest BCUT2D eigenvalue weighted by atomic mass is 35.5. The van der Waals surface area contributed by atoms with E-state index < -0.39 is 8.87 Å². The predicted molar refractivity (Wildman–Crippen MR) is 57.2 cm³/mol. The van der Waals surface area contributed by atoms with E-state index in [0.717, 1.165) is 10.8 Å². The molecule has 0 bridgehead atoms. The van der Waals surface area contributed by atoms with Gasteiger partial charge >= 0.3 is 0 Å². The van der Waals surface area contributed by atoms with Crippen molar-refractivity contribution in [3.63, 3.8) is 0 Å². The standard InChI is InChI=1S/C7H6Cl2O2S2/c1-12-13(10,11)7-3-5(8)2-6(9)4-7/h2-4H,1H3. The minimum absolute atomic E-state index is 0.137. The van der Waals surface area contributed by atoms with Crippen LogP contribution in [-0.2, 0) is 8.87 Å². The highest BCUT2D eigenvalue weighted by molar-refractivity contribution is 8.71. The van der Waals surface area contributed by atoms with Gasteiger partial charge in [-0.25, -0.2) is 8.42 Å². The molecule has 0 unspecified atom stereocenters. The third kappa shape index (κ3) is 2.77. The lowest BCUT2D eigenvalue weighted by Crippen LogP contribution is -1.93. The molecule has 0 aliphatic rings. The smallest absolute Gasteiger partial charge is 0.212 e. The number of hydrogen-bond donors (Lipinski definition) is 0. The fourth-order valence-corrected chi connectivity index (χ4v) is 3.03. The minimum atomic E-state index is -3.30. The second-order valence-corrected chi connectivity index (χ2v) is 7.13.